The molecule has 0 radical (unpaired) electrons. The van der Waals surface area contributed by atoms with E-state index in [1.165, 1.54) is 37.8 Å². The molecule has 3 nitrogen and oxygen atoms in total. The highest BCUT2D eigenvalue weighted by molar-refractivity contribution is 7.13. The topological polar surface area (TPSA) is 50.9 Å². The lowest BCUT2D eigenvalue weighted by Gasteiger charge is -2.19. The van der Waals surface area contributed by atoms with Gasteiger partial charge in [-0.25, -0.2) is 10.8 Å². The zero-order valence-corrected chi connectivity index (χ0v) is 8.44. The van der Waals surface area contributed by atoms with Crippen LogP contribution < -0.4 is 11.3 Å². The minimum atomic E-state index is 0.687. The number of rotatable bonds is 2. The first-order chi connectivity index (χ1) is 6.40. The van der Waals surface area contributed by atoms with E-state index < -0.39 is 0 Å². The summed E-state index contributed by atoms with van der Waals surface area (Å²) in [6.07, 6.45) is 6.70. The molecular formula is C9H15N3S. The summed E-state index contributed by atoms with van der Waals surface area (Å²) in [5.74, 6) is 5.98. The fourth-order valence-corrected chi connectivity index (χ4v) is 2.64. The number of anilines is 1. The summed E-state index contributed by atoms with van der Waals surface area (Å²) in [5.41, 5.74) is 3.83. The number of nitrogen functional groups attached to an aromatic ring is 1. The molecule has 1 aliphatic rings. The predicted molar refractivity (Wildman–Crippen MR) is 55.8 cm³/mol. The first kappa shape index (κ1) is 8.97. The number of hydrogen-bond donors (Lipinski definition) is 2. The lowest BCUT2D eigenvalue weighted by Crippen LogP contribution is -2.08. The molecule has 3 N–H and O–H groups in total. The van der Waals surface area contributed by atoms with E-state index >= 15 is 0 Å². The number of nitrogens with zero attached hydrogens (tertiary/aromatic N) is 1. The van der Waals surface area contributed by atoms with Crippen molar-refractivity contribution in [1.29, 1.82) is 0 Å². The van der Waals surface area contributed by atoms with Gasteiger partial charge in [-0.3, -0.25) is 5.43 Å². The minimum absolute atomic E-state index is 0.687. The Morgan fingerprint density at radius 3 is 2.77 bits per heavy atom. The molecule has 13 heavy (non-hydrogen) atoms. The Labute approximate surface area is 82.3 Å². The molecule has 0 amide bonds. The standard InChI is InChI=1S/C9H15N3S/c10-12-9-11-8(6-13-9)7-4-2-1-3-5-7/h6-7H,1-5,10H2,(H,11,12). The molecule has 0 bridgehead atoms. The SMILES string of the molecule is NNc1nc(C2CCCCC2)cs1. The van der Waals surface area contributed by atoms with Crippen molar-refractivity contribution in [1.82, 2.24) is 4.98 Å². The van der Waals surface area contributed by atoms with E-state index in [0.29, 0.717) is 5.92 Å². The molecule has 0 spiro atoms. The normalized spacial score (nSPS) is 18.8. The molecule has 1 heterocycles. The second kappa shape index (κ2) is 4.07. The van der Waals surface area contributed by atoms with Gasteiger partial charge in [0.1, 0.15) is 0 Å². The molecule has 1 saturated carbocycles. The van der Waals surface area contributed by atoms with E-state index in [-0.39, 0.29) is 0 Å². The van der Waals surface area contributed by atoms with Crippen molar-refractivity contribution in [3.8, 4) is 0 Å². The molecular weight excluding hydrogens is 182 g/mol. The van der Waals surface area contributed by atoms with E-state index in [0.717, 1.165) is 5.13 Å². The molecule has 1 aromatic rings. The lowest BCUT2D eigenvalue weighted by atomic mass is 9.87. The molecule has 4 heteroatoms. The maximum absolute atomic E-state index is 5.29. The highest BCUT2D eigenvalue weighted by atomic mass is 32.1. The second-order valence-corrected chi connectivity index (χ2v) is 4.41. The minimum Gasteiger partial charge on any atom is -0.300 e. The predicted octanol–water partition coefficient (Wildman–Crippen LogP) is 2.48. The number of thiazole rings is 1. The Morgan fingerprint density at radius 2 is 2.15 bits per heavy atom. The third-order valence-electron chi connectivity index (χ3n) is 2.67. The summed E-state index contributed by atoms with van der Waals surface area (Å²) >= 11 is 1.60. The lowest BCUT2D eigenvalue weighted by molar-refractivity contribution is 0.438. The summed E-state index contributed by atoms with van der Waals surface area (Å²) in [6.45, 7) is 0. The van der Waals surface area contributed by atoms with Crippen molar-refractivity contribution >= 4 is 16.5 Å². The Kier molecular flexibility index (Phi) is 2.80. The average molecular weight is 197 g/mol. The fourth-order valence-electron chi connectivity index (χ4n) is 1.94. The van der Waals surface area contributed by atoms with Crippen molar-refractivity contribution < 1.29 is 0 Å². The summed E-state index contributed by atoms with van der Waals surface area (Å²) in [7, 11) is 0. The van der Waals surface area contributed by atoms with Gasteiger partial charge in [-0.2, -0.15) is 0 Å². The third kappa shape index (κ3) is 2.00. The maximum Gasteiger partial charge on any atom is 0.197 e. The molecule has 1 aromatic heterocycles. The van der Waals surface area contributed by atoms with Gasteiger partial charge in [-0.1, -0.05) is 19.3 Å². The molecule has 2 rings (SSSR count). The van der Waals surface area contributed by atoms with Gasteiger partial charge in [-0.05, 0) is 12.8 Å². The van der Waals surface area contributed by atoms with Crippen LogP contribution in [0.4, 0.5) is 5.13 Å². The van der Waals surface area contributed by atoms with Crippen molar-refractivity contribution in [3.05, 3.63) is 11.1 Å². The Hall–Kier alpha value is -0.610. The van der Waals surface area contributed by atoms with E-state index in [1.807, 2.05) is 0 Å². The number of hydrogen-bond acceptors (Lipinski definition) is 4. The van der Waals surface area contributed by atoms with Crippen LogP contribution in [0.5, 0.6) is 0 Å². The largest absolute Gasteiger partial charge is 0.300 e. The van der Waals surface area contributed by atoms with Crippen LogP contribution in [0.1, 0.15) is 43.7 Å². The molecule has 0 aliphatic heterocycles. The number of hydrazine groups is 1. The van der Waals surface area contributed by atoms with Crippen LogP contribution in [-0.2, 0) is 0 Å². The monoisotopic (exact) mass is 197 g/mol. The van der Waals surface area contributed by atoms with E-state index in [2.05, 4.69) is 15.8 Å². The van der Waals surface area contributed by atoms with Crippen LogP contribution in [0.2, 0.25) is 0 Å². The third-order valence-corrected chi connectivity index (χ3v) is 3.46. The van der Waals surface area contributed by atoms with E-state index in [9.17, 15) is 0 Å². The zero-order valence-electron chi connectivity index (χ0n) is 7.62. The molecule has 0 aromatic carbocycles. The van der Waals surface area contributed by atoms with Crippen molar-refractivity contribution in [2.24, 2.45) is 5.84 Å². The number of nitrogens with one attached hydrogen (secondary N) is 1. The van der Waals surface area contributed by atoms with Gasteiger partial charge < -0.3 is 0 Å². The number of aromatic nitrogens is 1. The van der Waals surface area contributed by atoms with Gasteiger partial charge in [0, 0.05) is 11.3 Å². The summed E-state index contributed by atoms with van der Waals surface area (Å²) < 4.78 is 0. The Bertz CT molecular complexity index is 266. The van der Waals surface area contributed by atoms with Crippen LogP contribution in [-0.4, -0.2) is 4.98 Å². The molecule has 0 saturated heterocycles. The first-order valence-corrected chi connectivity index (χ1v) is 5.70. The Balaban J connectivity index is 2.05. The number of nitrogens with two attached hydrogens (primary N) is 1. The zero-order chi connectivity index (χ0) is 9.10. The van der Waals surface area contributed by atoms with Gasteiger partial charge in [0.05, 0.1) is 5.69 Å². The summed E-state index contributed by atoms with van der Waals surface area (Å²) in [5, 5.41) is 2.96. The first-order valence-electron chi connectivity index (χ1n) is 4.82. The molecule has 0 atom stereocenters. The molecule has 1 aliphatic carbocycles. The van der Waals surface area contributed by atoms with Gasteiger partial charge in [-0.15, -0.1) is 11.3 Å². The summed E-state index contributed by atoms with van der Waals surface area (Å²) in [4.78, 5) is 4.43. The molecule has 72 valence electrons. The second-order valence-electron chi connectivity index (χ2n) is 3.56. The molecule has 1 fully saturated rings. The quantitative estimate of drug-likeness (QED) is 0.565. The van der Waals surface area contributed by atoms with E-state index in [4.69, 9.17) is 5.84 Å². The van der Waals surface area contributed by atoms with Gasteiger partial charge >= 0.3 is 0 Å². The van der Waals surface area contributed by atoms with Gasteiger partial charge in [0.15, 0.2) is 5.13 Å². The van der Waals surface area contributed by atoms with E-state index in [1.54, 1.807) is 11.3 Å². The van der Waals surface area contributed by atoms with Crippen LogP contribution in [0, 0.1) is 0 Å². The van der Waals surface area contributed by atoms with Crippen LogP contribution in [0.25, 0.3) is 0 Å². The maximum atomic E-state index is 5.29. The highest BCUT2D eigenvalue weighted by Crippen LogP contribution is 2.33. The highest BCUT2D eigenvalue weighted by Gasteiger charge is 2.17. The van der Waals surface area contributed by atoms with Crippen molar-refractivity contribution in [2.75, 3.05) is 5.43 Å². The Morgan fingerprint density at radius 1 is 1.38 bits per heavy atom. The van der Waals surface area contributed by atoms with Crippen molar-refractivity contribution in [3.63, 3.8) is 0 Å². The van der Waals surface area contributed by atoms with Crippen molar-refractivity contribution in [2.45, 2.75) is 38.0 Å². The smallest absolute Gasteiger partial charge is 0.197 e. The van der Waals surface area contributed by atoms with Crippen LogP contribution in [0.15, 0.2) is 5.38 Å². The van der Waals surface area contributed by atoms with Crippen LogP contribution in [0.3, 0.4) is 0 Å². The molecule has 0 unspecified atom stereocenters. The van der Waals surface area contributed by atoms with Gasteiger partial charge in [0.25, 0.3) is 0 Å². The summed E-state index contributed by atoms with van der Waals surface area (Å²) in [6, 6.07) is 0. The van der Waals surface area contributed by atoms with Crippen LogP contribution >= 0.6 is 11.3 Å². The fraction of sp³-hybridized carbons (Fsp3) is 0.667. The average Bonchev–Trinajstić information content (AvgIpc) is 2.67. The van der Waals surface area contributed by atoms with Gasteiger partial charge in [0.2, 0.25) is 0 Å².